The van der Waals surface area contributed by atoms with E-state index in [-0.39, 0.29) is 10.6 Å². The molecule has 0 aliphatic carbocycles. The Hall–Kier alpha value is -2.42. The van der Waals surface area contributed by atoms with Gasteiger partial charge in [-0.2, -0.15) is 8.42 Å². The van der Waals surface area contributed by atoms with Gasteiger partial charge in [0, 0.05) is 23.7 Å². The number of hydrogen-bond acceptors (Lipinski definition) is 7. The van der Waals surface area contributed by atoms with Gasteiger partial charge in [0.2, 0.25) is 0 Å². The molecule has 0 amide bonds. The normalized spacial score (nSPS) is 11.3. The average Bonchev–Trinajstić information content (AvgIpc) is 3.09. The Bertz CT molecular complexity index is 980. The zero-order valence-electron chi connectivity index (χ0n) is 14.9. The van der Waals surface area contributed by atoms with Crippen LogP contribution in [0.3, 0.4) is 0 Å². The summed E-state index contributed by atoms with van der Waals surface area (Å²) in [6.45, 7) is 2.78. The molecular weight excluding hydrogens is 386 g/mol. The van der Waals surface area contributed by atoms with E-state index in [0.717, 1.165) is 16.3 Å². The lowest BCUT2D eigenvalue weighted by Crippen LogP contribution is -2.10. The molecule has 6 nitrogen and oxygen atoms in total. The summed E-state index contributed by atoms with van der Waals surface area (Å²) >= 11 is 1.54. The summed E-state index contributed by atoms with van der Waals surface area (Å²) < 4.78 is 40.4. The molecule has 0 spiro atoms. The highest BCUT2D eigenvalue weighted by atomic mass is 32.2. The van der Waals surface area contributed by atoms with Crippen molar-refractivity contribution in [3.05, 3.63) is 59.6 Å². The summed E-state index contributed by atoms with van der Waals surface area (Å²) in [6.07, 6.45) is 0. The molecule has 0 atom stereocenters. The summed E-state index contributed by atoms with van der Waals surface area (Å²) in [4.78, 5) is 4.46. The third-order valence-corrected chi connectivity index (χ3v) is 5.87. The molecule has 0 bridgehead atoms. The lowest BCUT2D eigenvalue weighted by Gasteiger charge is -2.09. The minimum atomic E-state index is -3.92. The number of nitrogens with zero attached hydrogens (tertiary/aromatic N) is 1. The van der Waals surface area contributed by atoms with Gasteiger partial charge in [0.15, 0.2) is 0 Å². The lowest BCUT2D eigenvalue weighted by molar-refractivity contribution is 0.146. The van der Waals surface area contributed by atoms with Gasteiger partial charge in [0.05, 0.1) is 6.61 Å². The predicted molar refractivity (Wildman–Crippen MR) is 104 cm³/mol. The predicted octanol–water partition coefficient (Wildman–Crippen LogP) is 3.91. The number of aromatic nitrogens is 1. The Balaban J connectivity index is 1.68. The molecule has 0 N–H and O–H groups in total. The van der Waals surface area contributed by atoms with E-state index in [9.17, 15) is 8.42 Å². The Kier molecular flexibility index (Phi) is 6.10. The van der Waals surface area contributed by atoms with Gasteiger partial charge in [-0.15, -0.1) is 11.3 Å². The summed E-state index contributed by atoms with van der Waals surface area (Å²) in [5.74, 6) is 0.807. The van der Waals surface area contributed by atoms with E-state index in [0.29, 0.717) is 19.0 Å². The van der Waals surface area contributed by atoms with Crippen molar-refractivity contribution in [3.63, 3.8) is 0 Å². The average molecular weight is 405 g/mol. The van der Waals surface area contributed by atoms with Gasteiger partial charge >= 0.3 is 10.1 Å². The summed E-state index contributed by atoms with van der Waals surface area (Å²) in [6, 6.07) is 12.9. The van der Waals surface area contributed by atoms with Crippen molar-refractivity contribution in [2.75, 3.05) is 20.3 Å². The van der Waals surface area contributed by atoms with Crippen LogP contribution in [-0.2, 0) is 14.9 Å². The molecule has 0 unspecified atom stereocenters. The Morgan fingerprint density at radius 1 is 0.963 bits per heavy atom. The van der Waals surface area contributed by atoms with Gasteiger partial charge in [0.25, 0.3) is 0 Å². The lowest BCUT2D eigenvalue weighted by atomic mass is 10.2. The standard InChI is InChI=1S/C19H19NO5S2/c1-14-13-26-19(20-14)15-3-5-17(6-4-15)25-27(21,22)18-9-7-16(8-10-18)24-12-11-23-2/h3-10,13H,11-12H2,1-2H3. The second kappa shape index (κ2) is 8.51. The highest BCUT2D eigenvalue weighted by Gasteiger charge is 2.17. The van der Waals surface area contributed by atoms with Gasteiger partial charge < -0.3 is 13.7 Å². The van der Waals surface area contributed by atoms with Crippen molar-refractivity contribution < 1.29 is 22.1 Å². The van der Waals surface area contributed by atoms with Crippen LogP contribution in [0.15, 0.2) is 58.8 Å². The monoisotopic (exact) mass is 405 g/mol. The minimum Gasteiger partial charge on any atom is -0.491 e. The largest absolute Gasteiger partial charge is 0.491 e. The number of hydrogen-bond donors (Lipinski definition) is 0. The fourth-order valence-electron chi connectivity index (χ4n) is 2.26. The molecule has 3 aromatic rings. The van der Waals surface area contributed by atoms with Crippen molar-refractivity contribution in [2.45, 2.75) is 11.8 Å². The van der Waals surface area contributed by atoms with Crippen LogP contribution < -0.4 is 8.92 Å². The number of ether oxygens (including phenoxy) is 2. The van der Waals surface area contributed by atoms with E-state index >= 15 is 0 Å². The van der Waals surface area contributed by atoms with Crippen LogP contribution in [0.1, 0.15) is 5.69 Å². The molecule has 2 aromatic carbocycles. The van der Waals surface area contributed by atoms with Gasteiger partial charge in [0.1, 0.15) is 28.0 Å². The first-order valence-electron chi connectivity index (χ1n) is 8.17. The Morgan fingerprint density at radius 2 is 1.63 bits per heavy atom. The van der Waals surface area contributed by atoms with E-state index in [4.69, 9.17) is 13.7 Å². The first-order valence-corrected chi connectivity index (χ1v) is 10.5. The molecule has 0 aliphatic heterocycles. The van der Waals surface area contributed by atoms with Crippen molar-refractivity contribution in [3.8, 4) is 22.1 Å². The van der Waals surface area contributed by atoms with E-state index in [1.807, 2.05) is 12.3 Å². The maximum atomic E-state index is 12.4. The van der Waals surface area contributed by atoms with Crippen molar-refractivity contribution in [1.82, 2.24) is 4.98 Å². The second-order valence-electron chi connectivity index (χ2n) is 5.67. The molecule has 3 rings (SSSR count). The molecule has 0 aliphatic rings. The first-order chi connectivity index (χ1) is 13.0. The summed E-state index contributed by atoms with van der Waals surface area (Å²) in [5.41, 5.74) is 1.86. The molecule has 142 valence electrons. The fourth-order valence-corrected chi connectivity index (χ4v) is 3.99. The van der Waals surface area contributed by atoms with E-state index in [1.165, 1.54) is 23.5 Å². The minimum absolute atomic E-state index is 0.0567. The smallest absolute Gasteiger partial charge is 0.339 e. The van der Waals surface area contributed by atoms with Crippen molar-refractivity contribution in [2.24, 2.45) is 0 Å². The quantitative estimate of drug-likeness (QED) is 0.418. The van der Waals surface area contributed by atoms with Gasteiger partial charge in [-0.1, -0.05) is 0 Å². The van der Waals surface area contributed by atoms with Crippen LogP contribution in [0.25, 0.3) is 10.6 Å². The summed E-state index contributed by atoms with van der Waals surface area (Å²) in [7, 11) is -2.34. The highest BCUT2D eigenvalue weighted by molar-refractivity contribution is 7.87. The second-order valence-corrected chi connectivity index (χ2v) is 8.07. The molecule has 0 radical (unpaired) electrons. The van der Waals surface area contributed by atoms with Crippen LogP contribution in [-0.4, -0.2) is 33.7 Å². The highest BCUT2D eigenvalue weighted by Crippen LogP contribution is 2.27. The van der Waals surface area contributed by atoms with Gasteiger partial charge in [-0.3, -0.25) is 0 Å². The van der Waals surface area contributed by atoms with Gasteiger partial charge in [-0.05, 0) is 55.5 Å². The molecule has 1 heterocycles. The van der Waals surface area contributed by atoms with E-state index in [2.05, 4.69) is 4.98 Å². The van der Waals surface area contributed by atoms with E-state index < -0.39 is 10.1 Å². The third kappa shape index (κ3) is 5.06. The maximum Gasteiger partial charge on any atom is 0.339 e. The van der Waals surface area contributed by atoms with Crippen LogP contribution >= 0.6 is 11.3 Å². The van der Waals surface area contributed by atoms with Crippen LogP contribution in [0.5, 0.6) is 11.5 Å². The number of benzene rings is 2. The molecule has 0 saturated carbocycles. The molecule has 27 heavy (non-hydrogen) atoms. The van der Waals surface area contributed by atoms with Gasteiger partial charge in [-0.25, -0.2) is 4.98 Å². The molecule has 1 aromatic heterocycles. The van der Waals surface area contributed by atoms with Crippen LogP contribution in [0.4, 0.5) is 0 Å². The van der Waals surface area contributed by atoms with Crippen molar-refractivity contribution >= 4 is 21.5 Å². The first kappa shape index (κ1) is 19.3. The Morgan fingerprint density at radius 3 is 2.22 bits per heavy atom. The Labute approximate surface area is 162 Å². The molecule has 0 saturated heterocycles. The van der Waals surface area contributed by atoms with Crippen LogP contribution in [0, 0.1) is 6.92 Å². The topological polar surface area (TPSA) is 74.7 Å². The zero-order chi connectivity index (χ0) is 19.3. The number of thiazole rings is 1. The third-order valence-electron chi connectivity index (χ3n) is 3.59. The SMILES string of the molecule is COCCOc1ccc(S(=O)(=O)Oc2ccc(-c3nc(C)cs3)cc2)cc1. The zero-order valence-corrected chi connectivity index (χ0v) is 16.5. The van der Waals surface area contributed by atoms with Crippen LogP contribution in [0.2, 0.25) is 0 Å². The fraction of sp³-hybridized carbons (Fsp3) is 0.211. The van der Waals surface area contributed by atoms with Crippen molar-refractivity contribution in [1.29, 1.82) is 0 Å². The molecule has 8 heteroatoms. The summed E-state index contributed by atoms with van der Waals surface area (Å²) in [5, 5.41) is 2.85. The number of rotatable bonds is 8. The maximum absolute atomic E-state index is 12.4. The number of methoxy groups -OCH3 is 1. The number of aryl methyl sites for hydroxylation is 1. The van der Waals surface area contributed by atoms with E-state index in [1.54, 1.807) is 43.5 Å². The molecule has 0 fully saturated rings. The molecular formula is C19H19NO5S2.